The summed E-state index contributed by atoms with van der Waals surface area (Å²) in [4.78, 5) is 33.2. The maximum atomic E-state index is 14.0. The molecule has 0 radical (unpaired) electrons. The molecular weight excluding hydrogens is 500 g/mol. The fraction of sp³-hybridized carbons (Fsp3) is 0.250. The lowest BCUT2D eigenvalue weighted by atomic mass is 9.97. The molecule has 2 atom stereocenters. The van der Waals surface area contributed by atoms with Crippen molar-refractivity contribution in [3.05, 3.63) is 93.2 Å². The zero-order chi connectivity index (χ0) is 26.0. The maximum Gasteiger partial charge on any atom is 0.252 e. The Bertz CT molecular complexity index is 1360. The summed E-state index contributed by atoms with van der Waals surface area (Å²) in [6.07, 6.45) is 0.704. The van der Waals surface area contributed by atoms with Crippen molar-refractivity contribution in [3.63, 3.8) is 0 Å². The lowest BCUT2D eigenvalue weighted by Crippen LogP contribution is -2.44. The van der Waals surface area contributed by atoms with Gasteiger partial charge in [-0.15, -0.1) is 0 Å². The number of nitrogens with zero attached hydrogens (tertiary/aromatic N) is 2. The van der Waals surface area contributed by atoms with Crippen molar-refractivity contribution in [1.29, 1.82) is 0 Å². The number of fused-ring (bicyclic) bond motifs is 1. The zero-order valence-corrected chi connectivity index (χ0v) is 21.7. The van der Waals surface area contributed by atoms with E-state index >= 15 is 0 Å². The third-order valence-electron chi connectivity index (χ3n) is 6.36. The summed E-state index contributed by atoms with van der Waals surface area (Å²) in [6.45, 7) is 5.30. The van der Waals surface area contributed by atoms with Gasteiger partial charge in [0.2, 0.25) is 5.91 Å². The Morgan fingerprint density at radius 1 is 1.11 bits per heavy atom. The van der Waals surface area contributed by atoms with Crippen LogP contribution in [0.4, 0.5) is 15.8 Å². The highest BCUT2D eigenvalue weighted by molar-refractivity contribution is 6.37. The van der Waals surface area contributed by atoms with E-state index < -0.39 is 17.8 Å². The number of anilines is 2. The number of carbonyl (C=O) groups is 2. The van der Waals surface area contributed by atoms with Crippen LogP contribution in [0, 0.1) is 18.7 Å². The summed E-state index contributed by atoms with van der Waals surface area (Å²) >= 11 is 12.9. The van der Waals surface area contributed by atoms with E-state index in [-0.39, 0.29) is 18.4 Å². The second-order valence-corrected chi connectivity index (χ2v) is 9.73. The predicted octanol–water partition coefficient (Wildman–Crippen LogP) is 6.68. The molecule has 0 spiro atoms. The summed E-state index contributed by atoms with van der Waals surface area (Å²) in [5.41, 5.74) is 3.10. The van der Waals surface area contributed by atoms with Crippen LogP contribution < -0.4 is 10.2 Å². The fourth-order valence-corrected chi connectivity index (χ4v) is 4.51. The summed E-state index contributed by atoms with van der Waals surface area (Å²) in [6, 6.07) is 16.1. The lowest BCUT2D eigenvalue weighted by Gasteiger charge is -2.26. The van der Waals surface area contributed by atoms with E-state index in [9.17, 15) is 14.0 Å². The Hall–Kier alpha value is -3.22. The van der Waals surface area contributed by atoms with Crippen molar-refractivity contribution in [2.24, 2.45) is 10.9 Å². The molecule has 0 fully saturated rings. The Morgan fingerprint density at radius 3 is 2.56 bits per heavy atom. The topological polar surface area (TPSA) is 61.8 Å². The van der Waals surface area contributed by atoms with Gasteiger partial charge in [0.05, 0.1) is 11.4 Å². The molecule has 1 heterocycles. The molecule has 0 unspecified atom stereocenters. The minimum Gasteiger partial charge on any atom is -0.324 e. The van der Waals surface area contributed by atoms with Gasteiger partial charge in [0.25, 0.3) is 5.91 Å². The summed E-state index contributed by atoms with van der Waals surface area (Å²) in [5.74, 6) is -1.29. The Labute approximate surface area is 219 Å². The number of carbonyl (C=O) groups excluding carboxylic acids is 2. The standard InChI is InChI=1S/C28H26Cl2FN3O2/c1-4-16(2)26-28(36)34(15-25(35)32-19-11-9-17(3)23(31)14-19)24-12-10-18(29)13-21(24)27(33-26)20-7-5-6-8-22(20)30/h5-14,16,26H,4,15H2,1-3H3,(H,32,35)/t16-,26+/m0/s1. The summed E-state index contributed by atoms with van der Waals surface area (Å²) < 4.78 is 14.0. The highest BCUT2D eigenvalue weighted by atomic mass is 35.5. The van der Waals surface area contributed by atoms with E-state index in [1.54, 1.807) is 43.3 Å². The first kappa shape index (κ1) is 25.9. The van der Waals surface area contributed by atoms with E-state index in [1.807, 2.05) is 32.0 Å². The molecule has 0 bridgehead atoms. The van der Waals surface area contributed by atoms with Gasteiger partial charge in [-0.3, -0.25) is 14.6 Å². The van der Waals surface area contributed by atoms with Gasteiger partial charge in [0.1, 0.15) is 18.4 Å². The molecule has 3 aromatic rings. The molecule has 0 aromatic heterocycles. The van der Waals surface area contributed by atoms with Crippen LogP contribution in [0.1, 0.15) is 37.0 Å². The van der Waals surface area contributed by atoms with Crippen molar-refractivity contribution in [2.75, 3.05) is 16.8 Å². The molecule has 36 heavy (non-hydrogen) atoms. The van der Waals surface area contributed by atoms with Crippen LogP contribution in [-0.2, 0) is 9.59 Å². The first-order valence-electron chi connectivity index (χ1n) is 11.7. The quantitative estimate of drug-likeness (QED) is 0.390. The van der Waals surface area contributed by atoms with Gasteiger partial charge >= 0.3 is 0 Å². The van der Waals surface area contributed by atoms with Crippen molar-refractivity contribution in [2.45, 2.75) is 33.2 Å². The van der Waals surface area contributed by atoms with Gasteiger partial charge in [0, 0.05) is 26.9 Å². The number of nitrogens with one attached hydrogen (secondary N) is 1. The van der Waals surface area contributed by atoms with E-state index in [4.69, 9.17) is 28.2 Å². The first-order chi connectivity index (χ1) is 17.2. The van der Waals surface area contributed by atoms with E-state index in [2.05, 4.69) is 5.32 Å². The molecule has 5 nitrogen and oxygen atoms in total. The molecule has 186 valence electrons. The Balaban J connectivity index is 1.79. The van der Waals surface area contributed by atoms with Crippen molar-refractivity contribution in [3.8, 4) is 0 Å². The predicted molar refractivity (Wildman–Crippen MR) is 144 cm³/mol. The number of halogens is 3. The van der Waals surface area contributed by atoms with E-state index in [0.717, 1.165) is 0 Å². The molecule has 4 rings (SSSR count). The van der Waals surface area contributed by atoms with Gasteiger partial charge in [-0.05, 0) is 54.8 Å². The number of benzene rings is 3. The van der Waals surface area contributed by atoms with Gasteiger partial charge in [-0.25, -0.2) is 4.39 Å². The largest absolute Gasteiger partial charge is 0.324 e. The van der Waals surface area contributed by atoms with Crippen molar-refractivity contribution >= 4 is 52.1 Å². The summed E-state index contributed by atoms with van der Waals surface area (Å²) in [7, 11) is 0. The molecule has 1 aliphatic heterocycles. The molecule has 0 saturated carbocycles. The molecule has 2 amide bonds. The van der Waals surface area contributed by atoms with Crippen molar-refractivity contribution in [1.82, 2.24) is 0 Å². The molecule has 1 aliphatic rings. The molecule has 0 aliphatic carbocycles. The SMILES string of the molecule is CC[C@H](C)[C@H]1N=C(c2ccccc2Cl)c2cc(Cl)ccc2N(CC(=O)Nc2ccc(C)c(F)c2)C1=O. The molecular formula is C28H26Cl2FN3O2. The molecule has 3 aromatic carbocycles. The number of aliphatic imine (C=N–C) groups is 1. The number of amides is 2. The van der Waals surface area contributed by atoms with Gasteiger partial charge in [0.15, 0.2) is 0 Å². The zero-order valence-electron chi connectivity index (χ0n) is 20.2. The van der Waals surface area contributed by atoms with Crippen LogP contribution in [0.15, 0.2) is 65.7 Å². The number of rotatable bonds is 6. The third-order valence-corrected chi connectivity index (χ3v) is 6.93. The van der Waals surface area contributed by atoms with E-state index in [1.165, 1.54) is 11.0 Å². The smallest absolute Gasteiger partial charge is 0.252 e. The second kappa shape index (κ2) is 10.8. The van der Waals surface area contributed by atoms with Gasteiger partial charge in [-0.1, -0.05) is 67.7 Å². The summed E-state index contributed by atoms with van der Waals surface area (Å²) in [5, 5.41) is 3.64. The van der Waals surface area contributed by atoms with Crippen LogP contribution in [0.2, 0.25) is 10.0 Å². The second-order valence-electron chi connectivity index (χ2n) is 8.89. The fourth-order valence-electron chi connectivity index (χ4n) is 4.12. The third kappa shape index (κ3) is 5.30. The van der Waals surface area contributed by atoms with Crippen molar-refractivity contribution < 1.29 is 14.0 Å². The Morgan fingerprint density at radius 2 is 1.86 bits per heavy atom. The number of hydrogen-bond acceptors (Lipinski definition) is 3. The minimum absolute atomic E-state index is 0.100. The van der Waals surface area contributed by atoms with Gasteiger partial charge in [-0.2, -0.15) is 0 Å². The van der Waals surface area contributed by atoms with Crippen LogP contribution in [-0.4, -0.2) is 30.1 Å². The highest BCUT2D eigenvalue weighted by Gasteiger charge is 2.36. The molecule has 8 heteroatoms. The highest BCUT2D eigenvalue weighted by Crippen LogP contribution is 2.34. The number of aryl methyl sites for hydroxylation is 1. The van der Waals surface area contributed by atoms with Crippen LogP contribution in [0.3, 0.4) is 0 Å². The molecule has 0 saturated heterocycles. The van der Waals surface area contributed by atoms with E-state index in [0.29, 0.717) is 50.2 Å². The maximum absolute atomic E-state index is 14.0. The normalized spacial score (nSPS) is 16.2. The van der Waals surface area contributed by atoms with Crippen LogP contribution in [0.25, 0.3) is 0 Å². The number of hydrogen-bond donors (Lipinski definition) is 1. The lowest BCUT2D eigenvalue weighted by molar-refractivity contribution is -0.123. The average molecular weight is 526 g/mol. The average Bonchev–Trinajstić information content (AvgIpc) is 2.96. The molecule has 1 N–H and O–H groups in total. The van der Waals surface area contributed by atoms with Gasteiger partial charge < -0.3 is 10.2 Å². The minimum atomic E-state index is -0.739. The Kier molecular flexibility index (Phi) is 7.76. The van der Waals surface area contributed by atoms with Crippen LogP contribution >= 0.6 is 23.2 Å². The van der Waals surface area contributed by atoms with Crippen LogP contribution in [0.5, 0.6) is 0 Å². The first-order valence-corrected chi connectivity index (χ1v) is 12.4. The monoisotopic (exact) mass is 525 g/mol. The number of benzodiazepines with no additional fused rings is 1.